The zero-order valence-corrected chi connectivity index (χ0v) is 67.6. The van der Waals surface area contributed by atoms with E-state index >= 15 is 0 Å². The smallest absolute Gasteiger partial charge is 0.462 e. The molecule has 7 atom stereocenters. The van der Waals surface area contributed by atoms with E-state index in [2.05, 4.69) is 55.4 Å². The standard InChI is InChI=1S/C81H158O17P2/c1-9-73(7)59-51-43-34-30-26-22-18-13-11-12-14-20-24-28-32-36-47-55-63-80(85)97-76(68-92-79(84)62-54-46-40-38-44-52-60-74(8)10-2)69-95-99(87,88)93-65-75(82)66-94-100(89,90)96-70-77(98-81(86)64-56-48-39-37-42-50-58-72(5)6)67-91-78(83)61-53-45-35-31-27-23-19-16-15-17-21-25-29-33-41-49-57-71(3)4/h71-77,82H,9-70H2,1-8H3,(H,87,88)(H,89,90)/t73?,74?,75-,76+,77+/m0/s1. The predicted molar refractivity (Wildman–Crippen MR) is 409 cm³/mol. The molecular weight excluding hydrogens is 1310 g/mol. The van der Waals surface area contributed by atoms with Crippen LogP contribution in [-0.4, -0.2) is 96.7 Å². The van der Waals surface area contributed by atoms with E-state index in [0.717, 1.165) is 114 Å². The van der Waals surface area contributed by atoms with Crippen LogP contribution in [0.15, 0.2) is 0 Å². The largest absolute Gasteiger partial charge is 0.472 e. The summed E-state index contributed by atoms with van der Waals surface area (Å²) in [6.07, 6.45) is 57.3. The summed E-state index contributed by atoms with van der Waals surface area (Å²) in [6.45, 7) is 14.2. The molecule has 0 aromatic carbocycles. The number of rotatable bonds is 78. The maximum absolute atomic E-state index is 13.1. The second-order valence-corrected chi connectivity index (χ2v) is 33.5. The Kier molecular flexibility index (Phi) is 68.7. The number of phosphoric ester groups is 2. The van der Waals surface area contributed by atoms with Crippen LogP contribution in [0.2, 0.25) is 0 Å². The number of hydrogen-bond donors (Lipinski definition) is 3. The topological polar surface area (TPSA) is 237 Å². The summed E-state index contributed by atoms with van der Waals surface area (Å²) in [5.74, 6) is 0.962. The third-order valence-electron chi connectivity index (χ3n) is 19.5. The summed E-state index contributed by atoms with van der Waals surface area (Å²) in [7, 11) is -9.92. The molecule has 100 heavy (non-hydrogen) atoms. The van der Waals surface area contributed by atoms with Gasteiger partial charge in [-0.05, 0) is 49.4 Å². The monoisotopic (exact) mass is 1470 g/mol. The van der Waals surface area contributed by atoms with Crippen molar-refractivity contribution in [1.82, 2.24) is 0 Å². The highest BCUT2D eigenvalue weighted by Crippen LogP contribution is 2.45. The highest BCUT2D eigenvalue weighted by molar-refractivity contribution is 7.47. The van der Waals surface area contributed by atoms with Crippen LogP contribution in [-0.2, 0) is 65.4 Å². The molecule has 0 aromatic heterocycles. The maximum atomic E-state index is 13.1. The van der Waals surface area contributed by atoms with Crippen LogP contribution < -0.4 is 0 Å². The molecule has 0 bridgehead atoms. The minimum atomic E-state index is -4.96. The highest BCUT2D eigenvalue weighted by atomic mass is 31.2. The number of aliphatic hydroxyl groups excluding tert-OH is 1. The van der Waals surface area contributed by atoms with E-state index < -0.39 is 97.5 Å². The zero-order valence-electron chi connectivity index (χ0n) is 65.8. The molecule has 0 saturated carbocycles. The van der Waals surface area contributed by atoms with Crippen LogP contribution in [0.5, 0.6) is 0 Å². The number of phosphoric acid groups is 2. The fraction of sp³-hybridized carbons (Fsp3) is 0.951. The van der Waals surface area contributed by atoms with Crippen molar-refractivity contribution in [3.63, 3.8) is 0 Å². The minimum Gasteiger partial charge on any atom is -0.462 e. The van der Waals surface area contributed by atoms with E-state index in [1.165, 1.54) is 212 Å². The van der Waals surface area contributed by atoms with Crippen LogP contribution in [0.1, 0.15) is 415 Å². The zero-order chi connectivity index (χ0) is 73.8. The molecule has 0 fully saturated rings. The van der Waals surface area contributed by atoms with Gasteiger partial charge in [0.1, 0.15) is 19.3 Å². The van der Waals surface area contributed by atoms with Gasteiger partial charge in [-0.3, -0.25) is 37.3 Å². The molecule has 0 heterocycles. The number of aliphatic hydroxyl groups is 1. The van der Waals surface area contributed by atoms with E-state index in [9.17, 15) is 43.2 Å². The van der Waals surface area contributed by atoms with E-state index in [1.54, 1.807) is 0 Å². The van der Waals surface area contributed by atoms with Gasteiger partial charge in [0.05, 0.1) is 26.4 Å². The SMILES string of the molecule is CCC(C)CCCCCCCCCCCCCCCCCCCCC(=O)O[C@H](COC(=O)CCCCCCCCC(C)CC)COP(=O)(O)OC[C@H](O)COP(=O)(O)OC[C@@H](COC(=O)CCCCCCCCCCCCCCCCCCC(C)C)OC(=O)CCCCCCCCC(C)C. The Morgan fingerprint density at radius 2 is 0.480 bits per heavy atom. The van der Waals surface area contributed by atoms with Crippen LogP contribution in [0, 0.1) is 23.7 Å². The number of carbonyl (C=O) groups is 4. The summed E-state index contributed by atoms with van der Waals surface area (Å²) >= 11 is 0. The third kappa shape index (κ3) is 71.7. The highest BCUT2D eigenvalue weighted by Gasteiger charge is 2.30. The molecule has 3 N–H and O–H groups in total. The van der Waals surface area contributed by atoms with Crippen molar-refractivity contribution in [2.24, 2.45) is 23.7 Å². The Bertz CT molecular complexity index is 1960. The summed E-state index contributed by atoms with van der Waals surface area (Å²) in [6, 6.07) is 0. The first-order valence-corrected chi connectivity index (χ1v) is 44.8. The van der Waals surface area contributed by atoms with E-state index in [0.29, 0.717) is 31.6 Å². The number of ether oxygens (including phenoxy) is 4. The summed E-state index contributed by atoms with van der Waals surface area (Å²) < 4.78 is 68.6. The Balaban J connectivity index is 5.11. The average molecular weight is 1470 g/mol. The molecule has 0 aliphatic carbocycles. The second-order valence-electron chi connectivity index (χ2n) is 30.6. The van der Waals surface area contributed by atoms with E-state index in [4.69, 9.17) is 37.0 Å². The van der Waals surface area contributed by atoms with Crippen LogP contribution in [0.25, 0.3) is 0 Å². The molecule has 0 aliphatic heterocycles. The molecule has 0 radical (unpaired) electrons. The Morgan fingerprint density at radius 3 is 0.710 bits per heavy atom. The van der Waals surface area contributed by atoms with Gasteiger partial charge in [0.2, 0.25) is 0 Å². The lowest BCUT2D eigenvalue weighted by Gasteiger charge is -2.21. The fourth-order valence-corrected chi connectivity index (χ4v) is 13.9. The fourth-order valence-electron chi connectivity index (χ4n) is 12.4. The van der Waals surface area contributed by atoms with Crippen molar-refractivity contribution in [3.8, 4) is 0 Å². The molecule has 19 heteroatoms. The van der Waals surface area contributed by atoms with Crippen molar-refractivity contribution < 1.29 is 80.2 Å². The summed E-state index contributed by atoms with van der Waals surface area (Å²) in [4.78, 5) is 72.9. The quantitative estimate of drug-likeness (QED) is 0.0222. The van der Waals surface area contributed by atoms with Crippen molar-refractivity contribution in [2.45, 2.75) is 433 Å². The predicted octanol–water partition coefficient (Wildman–Crippen LogP) is 24.0. The van der Waals surface area contributed by atoms with Crippen molar-refractivity contribution in [3.05, 3.63) is 0 Å². The molecule has 594 valence electrons. The van der Waals surface area contributed by atoms with Gasteiger partial charge >= 0.3 is 39.5 Å². The molecule has 0 aliphatic rings. The molecule has 0 amide bonds. The van der Waals surface area contributed by atoms with Crippen LogP contribution >= 0.6 is 15.6 Å². The van der Waals surface area contributed by atoms with E-state index in [1.807, 2.05) is 0 Å². The molecule has 4 unspecified atom stereocenters. The van der Waals surface area contributed by atoms with Gasteiger partial charge < -0.3 is 33.8 Å². The molecule has 0 spiro atoms. The number of esters is 4. The van der Waals surface area contributed by atoms with Gasteiger partial charge in [-0.25, -0.2) is 9.13 Å². The normalized spacial score (nSPS) is 14.6. The van der Waals surface area contributed by atoms with Gasteiger partial charge in [-0.2, -0.15) is 0 Å². The number of hydrogen-bond acceptors (Lipinski definition) is 15. The van der Waals surface area contributed by atoms with Crippen molar-refractivity contribution >= 4 is 39.5 Å². The van der Waals surface area contributed by atoms with Gasteiger partial charge in [-0.15, -0.1) is 0 Å². The Hall–Kier alpha value is -1.94. The van der Waals surface area contributed by atoms with Gasteiger partial charge in [0, 0.05) is 25.7 Å². The van der Waals surface area contributed by atoms with Crippen molar-refractivity contribution in [2.75, 3.05) is 39.6 Å². The molecule has 0 rings (SSSR count). The van der Waals surface area contributed by atoms with Crippen molar-refractivity contribution in [1.29, 1.82) is 0 Å². The minimum absolute atomic E-state index is 0.102. The van der Waals surface area contributed by atoms with Gasteiger partial charge in [0.25, 0.3) is 0 Å². The lowest BCUT2D eigenvalue weighted by atomic mass is 9.99. The molecular formula is C81H158O17P2. The van der Waals surface area contributed by atoms with Crippen LogP contribution in [0.3, 0.4) is 0 Å². The molecule has 0 aromatic rings. The number of carbonyl (C=O) groups excluding carboxylic acids is 4. The number of unbranched alkanes of at least 4 members (excludes halogenated alkanes) is 42. The van der Waals surface area contributed by atoms with Crippen LogP contribution in [0.4, 0.5) is 0 Å². The molecule has 0 saturated heterocycles. The van der Waals surface area contributed by atoms with Gasteiger partial charge in [0.15, 0.2) is 12.2 Å². The lowest BCUT2D eigenvalue weighted by molar-refractivity contribution is -0.161. The summed E-state index contributed by atoms with van der Waals surface area (Å²) in [5.41, 5.74) is 0. The first-order valence-electron chi connectivity index (χ1n) is 41.8. The molecule has 17 nitrogen and oxygen atoms in total. The maximum Gasteiger partial charge on any atom is 0.472 e. The lowest BCUT2D eigenvalue weighted by Crippen LogP contribution is -2.30. The van der Waals surface area contributed by atoms with E-state index in [-0.39, 0.29) is 25.7 Å². The third-order valence-corrected chi connectivity index (χ3v) is 21.4. The first-order chi connectivity index (χ1) is 48.2. The van der Waals surface area contributed by atoms with Gasteiger partial charge in [-0.1, -0.05) is 364 Å². The Labute approximate surface area is 613 Å². The average Bonchev–Trinajstić information content (AvgIpc) is 0.921. The first kappa shape index (κ1) is 98.1. The second kappa shape index (κ2) is 70.1. The summed E-state index contributed by atoms with van der Waals surface area (Å²) in [5, 5.41) is 10.6. The Morgan fingerprint density at radius 1 is 0.280 bits per heavy atom.